The molecular weight excluding hydrogens is 414 g/mol. The summed E-state index contributed by atoms with van der Waals surface area (Å²) in [6, 6.07) is 6.22. The van der Waals surface area contributed by atoms with Crippen molar-refractivity contribution in [3.63, 3.8) is 0 Å². The van der Waals surface area contributed by atoms with Gasteiger partial charge in [-0.1, -0.05) is 11.8 Å². The molecule has 1 fully saturated rings. The van der Waals surface area contributed by atoms with E-state index in [0.717, 1.165) is 36.7 Å². The van der Waals surface area contributed by atoms with Gasteiger partial charge >= 0.3 is 0 Å². The van der Waals surface area contributed by atoms with Crippen molar-refractivity contribution in [2.24, 2.45) is 0 Å². The van der Waals surface area contributed by atoms with E-state index in [1.54, 1.807) is 12.1 Å². The summed E-state index contributed by atoms with van der Waals surface area (Å²) in [5.74, 6) is -2.22. The van der Waals surface area contributed by atoms with Crippen molar-refractivity contribution in [2.75, 3.05) is 17.7 Å². The van der Waals surface area contributed by atoms with Crippen LogP contribution in [0.25, 0.3) is 11.0 Å². The van der Waals surface area contributed by atoms with Crippen molar-refractivity contribution in [1.29, 1.82) is 0 Å². The van der Waals surface area contributed by atoms with Crippen LogP contribution in [0.15, 0.2) is 46.5 Å². The highest BCUT2D eigenvalue weighted by Crippen LogP contribution is 2.21. The van der Waals surface area contributed by atoms with Gasteiger partial charge in [-0.15, -0.1) is 0 Å². The van der Waals surface area contributed by atoms with E-state index in [1.807, 2.05) is 0 Å². The average Bonchev–Trinajstić information content (AvgIpc) is 3.24. The Morgan fingerprint density at radius 2 is 2.20 bits per heavy atom. The van der Waals surface area contributed by atoms with Crippen LogP contribution in [0.1, 0.15) is 12.8 Å². The lowest BCUT2D eigenvalue weighted by Gasteiger charge is -2.16. The van der Waals surface area contributed by atoms with Crippen LogP contribution < -0.4 is 10.9 Å². The summed E-state index contributed by atoms with van der Waals surface area (Å²) in [7, 11) is 0. The van der Waals surface area contributed by atoms with E-state index in [-0.39, 0.29) is 23.1 Å². The van der Waals surface area contributed by atoms with E-state index >= 15 is 0 Å². The Bertz CT molecular complexity index is 1150. The molecule has 1 aromatic carbocycles. The van der Waals surface area contributed by atoms with E-state index in [9.17, 15) is 18.4 Å². The number of amides is 1. The largest absolute Gasteiger partial charge is 0.376 e. The number of anilines is 1. The summed E-state index contributed by atoms with van der Waals surface area (Å²) < 4.78 is 33.9. The van der Waals surface area contributed by atoms with Gasteiger partial charge in [-0.3, -0.25) is 14.2 Å². The van der Waals surface area contributed by atoms with Gasteiger partial charge in [-0.05, 0) is 37.1 Å². The Kier molecular flexibility index (Phi) is 6.05. The third kappa shape index (κ3) is 4.49. The van der Waals surface area contributed by atoms with Gasteiger partial charge in [0.2, 0.25) is 5.91 Å². The van der Waals surface area contributed by atoms with Crippen LogP contribution in [0, 0.1) is 11.6 Å². The highest BCUT2D eigenvalue weighted by Gasteiger charge is 2.21. The summed E-state index contributed by atoms with van der Waals surface area (Å²) >= 11 is 1.04. The smallest absolute Gasteiger partial charge is 0.263 e. The van der Waals surface area contributed by atoms with E-state index < -0.39 is 17.5 Å². The highest BCUT2D eigenvalue weighted by atomic mass is 32.2. The number of thioether (sulfide) groups is 1. The molecule has 1 aliphatic heterocycles. The van der Waals surface area contributed by atoms with Gasteiger partial charge in [0.15, 0.2) is 10.8 Å². The number of fused-ring (bicyclic) bond motifs is 1. The first kappa shape index (κ1) is 20.4. The number of hydrogen-bond donors (Lipinski definition) is 1. The number of pyridine rings is 1. The fourth-order valence-electron chi connectivity index (χ4n) is 3.21. The van der Waals surface area contributed by atoms with Gasteiger partial charge in [-0.25, -0.2) is 18.7 Å². The number of nitrogens with zero attached hydrogens (tertiary/aromatic N) is 3. The van der Waals surface area contributed by atoms with E-state index in [2.05, 4.69) is 15.3 Å². The third-order valence-corrected chi connectivity index (χ3v) is 5.62. The normalized spacial score (nSPS) is 16.1. The molecule has 3 heterocycles. The molecule has 0 radical (unpaired) electrons. The molecule has 0 aliphatic carbocycles. The van der Waals surface area contributed by atoms with Gasteiger partial charge in [0, 0.05) is 18.9 Å². The predicted octanol–water partition coefficient (Wildman–Crippen LogP) is 2.98. The molecule has 0 bridgehead atoms. The zero-order chi connectivity index (χ0) is 21.1. The maximum Gasteiger partial charge on any atom is 0.263 e. The minimum atomic E-state index is -0.864. The molecule has 3 aromatic rings. The SMILES string of the molecule is O=C(CSc1nc2ncccc2c(=O)n1CC1CCCO1)Nc1ccc(F)cc1F. The minimum absolute atomic E-state index is 0.0971. The number of aromatic nitrogens is 3. The van der Waals surface area contributed by atoms with Crippen LogP contribution in [0.4, 0.5) is 14.5 Å². The minimum Gasteiger partial charge on any atom is -0.376 e. The third-order valence-electron chi connectivity index (χ3n) is 4.64. The molecule has 2 aromatic heterocycles. The maximum atomic E-state index is 13.8. The number of carbonyl (C=O) groups is 1. The number of carbonyl (C=O) groups excluding carboxylic acids is 1. The lowest BCUT2D eigenvalue weighted by atomic mass is 10.2. The van der Waals surface area contributed by atoms with Crippen molar-refractivity contribution in [1.82, 2.24) is 14.5 Å². The topological polar surface area (TPSA) is 86.1 Å². The van der Waals surface area contributed by atoms with E-state index in [1.165, 1.54) is 10.8 Å². The predicted molar refractivity (Wildman–Crippen MR) is 108 cm³/mol. The van der Waals surface area contributed by atoms with Gasteiger partial charge in [-0.2, -0.15) is 0 Å². The first-order valence-corrected chi connectivity index (χ1v) is 10.3. The molecule has 7 nitrogen and oxygen atoms in total. The number of ether oxygens (including phenoxy) is 1. The quantitative estimate of drug-likeness (QED) is 0.476. The van der Waals surface area contributed by atoms with E-state index in [0.29, 0.717) is 35.4 Å². The van der Waals surface area contributed by atoms with Crippen LogP contribution in [0.3, 0.4) is 0 Å². The zero-order valence-corrected chi connectivity index (χ0v) is 16.6. The van der Waals surface area contributed by atoms with Gasteiger partial charge in [0.05, 0.1) is 29.5 Å². The Hall–Kier alpha value is -2.85. The standard InChI is InChI=1S/C20H18F2N4O3S/c21-12-5-6-16(15(22)9-12)24-17(27)11-30-20-25-18-14(4-1-7-23-18)19(28)26(20)10-13-3-2-8-29-13/h1,4-7,9,13H,2-3,8,10-11H2,(H,24,27). The van der Waals surface area contributed by atoms with Crippen LogP contribution in [0.5, 0.6) is 0 Å². The van der Waals surface area contributed by atoms with Crippen molar-refractivity contribution in [3.05, 3.63) is 58.5 Å². The summed E-state index contributed by atoms with van der Waals surface area (Å²) in [5, 5.41) is 3.11. The molecule has 10 heteroatoms. The Balaban J connectivity index is 1.56. The molecule has 30 heavy (non-hydrogen) atoms. The van der Waals surface area contributed by atoms with Gasteiger partial charge < -0.3 is 10.1 Å². The van der Waals surface area contributed by atoms with Gasteiger partial charge in [0.25, 0.3) is 5.56 Å². The number of nitrogens with one attached hydrogen (secondary N) is 1. The second-order valence-electron chi connectivity index (χ2n) is 6.78. The van der Waals surface area contributed by atoms with E-state index in [4.69, 9.17) is 4.74 Å². The second-order valence-corrected chi connectivity index (χ2v) is 7.72. The molecule has 4 rings (SSSR count). The number of benzene rings is 1. The number of halogens is 2. The molecule has 1 aliphatic rings. The summed E-state index contributed by atoms with van der Waals surface area (Å²) in [4.78, 5) is 33.8. The fraction of sp³-hybridized carbons (Fsp3) is 0.300. The molecule has 1 saturated heterocycles. The molecular formula is C20H18F2N4O3S. The van der Waals surface area contributed by atoms with Crippen molar-refractivity contribution >= 4 is 34.4 Å². The highest BCUT2D eigenvalue weighted by molar-refractivity contribution is 7.99. The maximum absolute atomic E-state index is 13.8. The average molecular weight is 432 g/mol. The lowest BCUT2D eigenvalue weighted by Crippen LogP contribution is -2.29. The summed E-state index contributed by atoms with van der Waals surface area (Å²) in [6.45, 7) is 0.976. The number of hydrogen-bond acceptors (Lipinski definition) is 6. The zero-order valence-electron chi connectivity index (χ0n) is 15.8. The van der Waals surface area contributed by atoms with Crippen molar-refractivity contribution < 1.29 is 18.3 Å². The Morgan fingerprint density at radius 1 is 1.33 bits per heavy atom. The van der Waals surface area contributed by atoms with Crippen molar-refractivity contribution in [2.45, 2.75) is 30.6 Å². The van der Waals surface area contributed by atoms with Crippen molar-refractivity contribution in [3.8, 4) is 0 Å². The van der Waals surface area contributed by atoms with Crippen LogP contribution >= 0.6 is 11.8 Å². The number of rotatable bonds is 6. The molecule has 1 unspecified atom stereocenters. The first-order chi connectivity index (χ1) is 14.5. The lowest BCUT2D eigenvalue weighted by molar-refractivity contribution is -0.113. The fourth-order valence-corrected chi connectivity index (χ4v) is 4.00. The summed E-state index contributed by atoms with van der Waals surface area (Å²) in [6.07, 6.45) is 3.21. The first-order valence-electron chi connectivity index (χ1n) is 9.36. The van der Waals surface area contributed by atoms with Crippen LogP contribution in [-0.2, 0) is 16.1 Å². The Labute approximate surface area is 174 Å². The monoisotopic (exact) mass is 432 g/mol. The molecule has 156 valence electrons. The van der Waals surface area contributed by atoms with Gasteiger partial charge in [0.1, 0.15) is 11.6 Å². The molecule has 1 N–H and O–H groups in total. The molecule has 0 saturated carbocycles. The second kappa shape index (κ2) is 8.88. The van der Waals surface area contributed by atoms with Crippen LogP contribution in [-0.4, -0.2) is 38.9 Å². The van der Waals surface area contributed by atoms with Crippen LogP contribution in [0.2, 0.25) is 0 Å². The Morgan fingerprint density at radius 3 is 2.97 bits per heavy atom. The molecule has 1 amide bonds. The summed E-state index contributed by atoms with van der Waals surface area (Å²) in [5.41, 5.74) is -0.0819. The molecule has 1 atom stereocenters. The molecule has 0 spiro atoms.